The number of rotatable bonds is 5. The first-order valence-electron chi connectivity index (χ1n) is 7.69. The fraction of sp³-hybridized carbons (Fsp3) is 0.500. The summed E-state index contributed by atoms with van der Waals surface area (Å²) in [7, 11) is 0. The largest absolute Gasteiger partial charge is 0.301 e. The van der Waals surface area contributed by atoms with Gasteiger partial charge in [0.2, 0.25) is 5.91 Å². The van der Waals surface area contributed by atoms with Gasteiger partial charge in [-0.1, -0.05) is 39.5 Å². The maximum Gasteiger partial charge on any atom is 0.254 e. The molecule has 0 radical (unpaired) electrons. The lowest BCUT2D eigenvalue weighted by Crippen LogP contribution is -2.18. The third-order valence-corrected chi connectivity index (χ3v) is 5.04. The van der Waals surface area contributed by atoms with E-state index in [-0.39, 0.29) is 22.6 Å². The molecule has 0 unspecified atom stereocenters. The molecule has 8 heteroatoms. The van der Waals surface area contributed by atoms with Gasteiger partial charge in [-0.05, 0) is 13.3 Å². The zero-order chi connectivity index (χ0) is 17.9. The summed E-state index contributed by atoms with van der Waals surface area (Å²) < 4.78 is 0. The molecule has 0 aliphatic heterocycles. The Balaban J connectivity index is 1.96. The van der Waals surface area contributed by atoms with Gasteiger partial charge in [0.25, 0.3) is 5.56 Å². The number of H-pyrrole nitrogens is 1. The van der Waals surface area contributed by atoms with E-state index in [2.05, 4.69) is 41.0 Å². The normalized spacial score (nSPS) is 11.5. The van der Waals surface area contributed by atoms with Crippen molar-refractivity contribution in [2.24, 2.45) is 0 Å². The van der Waals surface area contributed by atoms with Crippen LogP contribution in [-0.2, 0) is 16.6 Å². The van der Waals surface area contributed by atoms with Crippen LogP contribution in [-0.4, -0.2) is 26.6 Å². The van der Waals surface area contributed by atoms with Crippen LogP contribution in [0.3, 0.4) is 0 Å². The zero-order valence-electron chi connectivity index (χ0n) is 14.5. The fourth-order valence-corrected chi connectivity index (χ4v) is 3.69. The lowest BCUT2D eigenvalue weighted by molar-refractivity contribution is -0.113. The van der Waals surface area contributed by atoms with Crippen LogP contribution in [0.15, 0.2) is 15.3 Å². The van der Waals surface area contributed by atoms with Crippen molar-refractivity contribution in [3.05, 3.63) is 32.7 Å². The summed E-state index contributed by atoms with van der Waals surface area (Å²) in [5.74, 6) is -0.00663. The Hall–Kier alpha value is -1.67. The van der Waals surface area contributed by atoms with Crippen molar-refractivity contribution >= 4 is 34.1 Å². The van der Waals surface area contributed by atoms with Gasteiger partial charge in [-0.2, -0.15) is 0 Å². The average molecular weight is 367 g/mol. The lowest BCUT2D eigenvalue weighted by Gasteiger charge is -2.14. The molecule has 0 spiro atoms. The van der Waals surface area contributed by atoms with Gasteiger partial charge >= 0.3 is 0 Å². The zero-order valence-corrected chi connectivity index (χ0v) is 16.2. The Morgan fingerprint density at radius 3 is 2.62 bits per heavy atom. The Kier molecular flexibility index (Phi) is 5.82. The first-order chi connectivity index (χ1) is 11.2. The average Bonchev–Trinajstić information content (AvgIpc) is 2.93. The van der Waals surface area contributed by atoms with Crippen molar-refractivity contribution < 1.29 is 4.79 Å². The standard InChI is InChI=1S/C16H22N4O2S2/c1-6-10-9(2)17-14(20-13(10)22)24-8-12(21)19-15-18-11(7-23-15)16(3,4)5/h7H,6,8H2,1-5H3,(H,17,20,22)(H,18,19,21). The minimum atomic E-state index is -0.172. The topological polar surface area (TPSA) is 87.7 Å². The lowest BCUT2D eigenvalue weighted by atomic mass is 9.93. The third-order valence-electron chi connectivity index (χ3n) is 3.41. The van der Waals surface area contributed by atoms with E-state index in [1.807, 2.05) is 19.2 Å². The molecule has 2 aromatic heterocycles. The van der Waals surface area contributed by atoms with Crippen LogP contribution < -0.4 is 10.9 Å². The highest BCUT2D eigenvalue weighted by Crippen LogP contribution is 2.26. The summed E-state index contributed by atoms with van der Waals surface area (Å²) in [6, 6.07) is 0. The molecule has 0 bridgehead atoms. The van der Waals surface area contributed by atoms with E-state index in [1.54, 1.807) is 0 Å². The number of nitrogens with one attached hydrogen (secondary N) is 2. The summed E-state index contributed by atoms with van der Waals surface area (Å²) in [5, 5.41) is 5.78. The van der Waals surface area contributed by atoms with Crippen LogP contribution in [0.5, 0.6) is 0 Å². The summed E-state index contributed by atoms with van der Waals surface area (Å²) in [4.78, 5) is 35.4. The first-order valence-corrected chi connectivity index (χ1v) is 9.55. The molecule has 2 rings (SSSR count). The first kappa shape index (κ1) is 18.7. The second kappa shape index (κ2) is 7.48. The molecule has 2 N–H and O–H groups in total. The van der Waals surface area contributed by atoms with Crippen LogP contribution in [0.1, 0.15) is 44.6 Å². The highest BCUT2D eigenvalue weighted by atomic mass is 32.2. The van der Waals surface area contributed by atoms with E-state index in [4.69, 9.17) is 0 Å². The van der Waals surface area contributed by atoms with Crippen LogP contribution in [0.2, 0.25) is 0 Å². The Labute approximate surface area is 149 Å². The Morgan fingerprint density at radius 2 is 2.08 bits per heavy atom. The van der Waals surface area contributed by atoms with Gasteiger partial charge in [0.15, 0.2) is 10.3 Å². The van der Waals surface area contributed by atoms with Gasteiger partial charge in [0.05, 0.1) is 11.4 Å². The molecule has 0 aliphatic rings. The van der Waals surface area contributed by atoms with Crippen molar-refractivity contribution in [2.75, 3.05) is 11.1 Å². The predicted octanol–water partition coefficient (Wildman–Crippen LogP) is 3.13. The molecule has 130 valence electrons. The van der Waals surface area contributed by atoms with Gasteiger partial charge in [0, 0.05) is 22.1 Å². The molecule has 24 heavy (non-hydrogen) atoms. The monoisotopic (exact) mass is 366 g/mol. The summed E-state index contributed by atoms with van der Waals surface area (Å²) in [6.07, 6.45) is 0.639. The minimum absolute atomic E-state index is 0.0455. The molecular weight excluding hydrogens is 344 g/mol. The highest BCUT2D eigenvalue weighted by molar-refractivity contribution is 7.99. The van der Waals surface area contributed by atoms with E-state index in [0.717, 1.165) is 5.69 Å². The summed E-state index contributed by atoms with van der Waals surface area (Å²) in [5.41, 5.74) is 2.16. The third kappa shape index (κ3) is 4.67. The SMILES string of the molecule is CCc1c(C)nc(SCC(=O)Nc2nc(C(C)(C)C)cs2)[nH]c1=O. The molecule has 0 saturated heterocycles. The van der Waals surface area contributed by atoms with Crippen LogP contribution in [0.25, 0.3) is 0 Å². The number of carbonyl (C=O) groups is 1. The number of carbonyl (C=O) groups excluding carboxylic acids is 1. The van der Waals surface area contributed by atoms with E-state index in [9.17, 15) is 9.59 Å². The molecule has 0 aliphatic carbocycles. The number of anilines is 1. The number of aromatic nitrogens is 3. The summed E-state index contributed by atoms with van der Waals surface area (Å²) in [6.45, 7) is 9.96. The van der Waals surface area contributed by atoms with Gasteiger partial charge in [-0.25, -0.2) is 9.97 Å². The van der Waals surface area contributed by atoms with Crippen LogP contribution in [0.4, 0.5) is 5.13 Å². The van der Waals surface area contributed by atoms with Crippen LogP contribution >= 0.6 is 23.1 Å². The van der Waals surface area contributed by atoms with Gasteiger partial charge in [0.1, 0.15) is 0 Å². The van der Waals surface area contributed by atoms with Crippen molar-refractivity contribution in [2.45, 2.75) is 51.6 Å². The van der Waals surface area contributed by atoms with E-state index < -0.39 is 0 Å². The van der Waals surface area contributed by atoms with E-state index in [0.29, 0.717) is 28.0 Å². The van der Waals surface area contributed by atoms with Crippen molar-refractivity contribution in [1.82, 2.24) is 15.0 Å². The maximum absolute atomic E-state index is 12.1. The Morgan fingerprint density at radius 1 is 1.38 bits per heavy atom. The quantitative estimate of drug-likeness (QED) is 0.627. The minimum Gasteiger partial charge on any atom is -0.301 e. The number of thiazole rings is 1. The number of aryl methyl sites for hydroxylation is 1. The molecule has 2 heterocycles. The molecule has 0 fully saturated rings. The molecule has 1 amide bonds. The number of nitrogens with zero attached hydrogens (tertiary/aromatic N) is 2. The molecule has 0 aromatic carbocycles. The van der Waals surface area contributed by atoms with Crippen LogP contribution in [0, 0.1) is 6.92 Å². The second-order valence-electron chi connectivity index (χ2n) is 6.41. The highest BCUT2D eigenvalue weighted by Gasteiger charge is 2.18. The van der Waals surface area contributed by atoms with E-state index >= 15 is 0 Å². The number of aromatic amines is 1. The Bertz CT molecular complexity index is 790. The molecule has 6 nitrogen and oxygen atoms in total. The number of hydrogen-bond acceptors (Lipinski definition) is 6. The number of hydrogen-bond donors (Lipinski definition) is 2. The van der Waals surface area contributed by atoms with Gasteiger partial charge < -0.3 is 10.3 Å². The number of amides is 1. The molecule has 0 atom stereocenters. The fourth-order valence-electron chi connectivity index (χ4n) is 2.03. The maximum atomic E-state index is 12.1. The smallest absolute Gasteiger partial charge is 0.254 e. The second-order valence-corrected chi connectivity index (χ2v) is 8.24. The molecule has 2 aromatic rings. The summed E-state index contributed by atoms with van der Waals surface area (Å²) >= 11 is 2.62. The van der Waals surface area contributed by atoms with Gasteiger partial charge in [-0.3, -0.25) is 9.59 Å². The molecule has 0 saturated carbocycles. The predicted molar refractivity (Wildman–Crippen MR) is 99.1 cm³/mol. The number of thioether (sulfide) groups is 1. The van der Waals surface area contributed by atoms with Crippen molar-refractivity contribution in [3.63, 3.8) is 0 Å². The van der Waals surface area contributed by atoms with Gasteiger partial charge in [-0.15, -0.1) is 11.3 Å². The van der Waals surface area contributed by atoms with E-state index in [1.165, 1.54) is 23.1 Å². The van der Waals surface area contributed by atoms with Crippen molar-refractivity contribution in [1.29, 1.82) is 0 Å². The molecular formula is C16H22N4O2S2. The van der Waals surface area contributed by atoms with Crippen molar-refractivity contribution in [3.8, 4) is 0 Å².